The van der Waals surface area contributed by atoms with Gasteiger partial charge in [0.25, 0.3) is 5.91 Å². The van der Waals surface area contributed by atoms with Gasteiger partial charge in [-0.1, -0.05) is 18.5 Å². The third-order valence-corrected chi connectivity index (χ3v) is 3.70. The number of piperidine rings is 1. The lowest BCUT2D eigenvalue weighted by Crippen LogP contribution is -2.47. The molecule has 1 aromatic carbocycles. The summed E-state index contributed by atoms with van der Waals surface area (Å²) >= 11 is 5.77. The summed E-state index contributed by atoms with van der Waals surface area (Å²) < 4.78 is 5.41. The summed E-state index contributed by atoms with van der Waals surface area (Å²) in [4.78, 5) is 13.6. The number of rotatable bonds is 3. The molecular weight excluding hydrogens is 266 g/mol. The molecule has 0 bridgehead atoms. The van der Waals surface area contributed by atoms with Gasteiger partial charge in [-0.05, 0) is 36.6 Å². The van der Waals surface area contributed by atoms with E-state index >= 15 is 0 Å². The Kier molecular flexibility index (Phi) is 4.66. The van der Waals surface area contributed by atoms with Crippen LogP contribution in [-0.4, -0.2) is 41.7 Å². The molecule has 1 N–H and O–H groups in total. The second-order valence-electron chi connectivity index (χ2n) is 4.92. The van der Waals surface area contributed by atoms with Gasteiger partial charge in [0.05, 0.1) is 6.10 Å². The van der Waals surface area contributed by atoms with Gasteiger partial charge in [0, 0.05) is 18.1 Å². The van der Waals surface area contributed by atoms with E-state index < -0.39 is 6.10 Å². The summed E-state index contributed by atoms with van der Waals surface area (Å²) in [7, 11) is 0. The second-order valence-corrected chi connectivity index (χ2v) is 5.35. The Balaban J connectivity index is 1.83. The van der Waals surface area contributed by atoms with E-state index in [1.807, 2.05) is 6.92 Å². The maximum atomic E-state index is 12.0. The Morgan fingerprint density at radius 2 is 2.16 bits per heavy atom. The largest absolute Gasteiger partial charge is 0.484 e. The molecule has 2 unspecified atom stereocenters. The number of benzene rings is 1. The van der Waals surface area contributed by atoms with Crippen molar-refractivity contribution < 1.29 is 14.6 Å². The standard InChI is InChI=1S/C14H18ClNO3/c1-10-6-7-16(8-13(10)17)14(18)9-19-12-4-2-11(15)3-5-12/h2-5,10,13,17H,6-9H2,1H3. The zero-order valence-corrected chi connectivity index (χ0v) is 11.6. The fraction of sp³-hybridized carbons (Fsp3) is 0.500. The lowest BCUT2D eigenvalue weighted by molar-refractivity contribution is -0.137. The van der Waals surface area contributed by atoms with Gasteiger partial charge in [-0.2, -0.15) is 0 Å². The molecule has 0 aromatic heterocycles. The van der Waals surface area contributed by atoms with E-state index in [2.05, 4.69) is 0 Å². The van der Waals surface area contributed by atoms with E-state index in [1.165, 1.54) is 0 Å². The summed E-state index contributed by atoms with van der Waals surface area (Å²) in [5.41, 5.74) is 0. The summed E-state index contributed by atoms with van der Waals surface area (Å²) in [5.74, 6) is 0.769. The molecule has 0 aliphatic carbocycles. The van der Waals surface area contributed by atoms with Crippen LogP contribution in [0.15, 0.2) is 24.3 Å². The minimum absolute atomic E-state index is 0.0112. The van der Waals surface area contributed by atoms with E-state index in [0.29, 0.717) is 23.9 Å². The van der Waals surface area contributed by atoms with E-state index in [4.69, 9.17) is 16.3 Å². The number of aliphatic hydroxyl groups is 1. The normalized spacial score (nSPS) is 23.2. The predicted octanol–water partition coefficient (Wildman–Crippen LogP) is 1.95. The average molecular weight is 284 g/mol. The van der Waals surface area contributed by atoms with Crippen molar-refractivity contribution >= 4 is 17.5 Å². The van der Waals surface area contributed by atoms with Gasteiger partial charge in [0.1, 0.15) is 5.75 Å². The molecule has 4 nitrogen and oxygen atoms in total. The number of hydrogen-bond donors (Lipinski definition) is 1. The first-order valence-corrected chi connectivity index (χ1v) is 6.78. The number of nitrogens with zero attached hydrogens (tertiary/aromatic N) is 1. The molecule has 1 fully saturated rings. The van der Waals surface area contributed by atoms with Crippen LogP contribution in [-0.2, 0) is 4.79 Å². The molecule has 0 radical (unpaired) electrons. The number of hydrogen-bond acceptors (Lipinski definition) is 3. The van der Waals surface area contributed by atoms with Gasteiger partial charge in [-0.15, -0.1) is 0 Å². The van der Waals surface area contributed by atoms with Crippen molar-refractivity contribution in [2.24, 2.45) is 5.92 Å². The van der Waals surface area contributed by atoms with Crippen molar-refractivity contribution in [3.05, 3.63) is 29.3 Å². The van der Waals surface area contributed by atoms with Crippen LogP contribution in [0.1, 0.15) is 13.3 Å². The third kappa shape index (κ3) is 3.85. The number of ether oxygens (including phenoxy) is 1. The Morgan fingerprint density at radius 1 is 1.47 bits per heavy atom. The van der Waals surface area contributed by atoms with Gasteiger partial charge < -0.3 is 14.7 Å². The van der Waals surface area contributed by atoms with Gasteiger partial charge in [0.15, 0.2) is 6.61 Å². The lowest BCUT2D eigenvalue weighted by atomic mass is 9.96. The lowest BCUT2D eigenvalue weighted by Gasteiger charge is -2.34. The quantitative estimate of drug-likeness (QED) is 0.922. The minimum atomic E-state index is -0.437. The first-order valence-electron chi connectivity index (χ1n) is 6.40. The summed E-state index contributed by atoms with van der Waals surface area (Å²) in [6.45, 7) is 3.06. The smallest absolute Gasteiger partial charge is 0.260 e. The van der Waals surface area contributed by atoms with Crippen LogP contribution in [0.3, 0.4) is 0 Å². The molecule has 1 aromatic rings. The summed E-state index contributed by atoms with van der Waals surface area (Å²) in [6, 6.07) is 6.88. The Morgan fingerprint density at radius 3 is 2.79 bits per heavy atom. The number of carbonyl (C=O) groups is 1. The highest BCUT2D eigenvalue weighted by molar-refractivity contribution is 6.30. The number of β-amino-alcohol motifs (C(OH)–C–C–N with tert-alkyl or cyclic N) is 1. The fourth-order valence-electron chi connectivity index (χ4n) is 2.04. The number of aliphatic hydroxyl groups excluding tert-OH is 1. The highest BCUT2D eigenvalue weighted by Crippen LogP contribution is 2.18. The zero-order chi connectivity index (χ0) is 13.8. The van der Waals surface area contributed by atoms with Crippen LogP contribution in [0.2, 0.25) is 5.02 Å². The van der Waals surface area contributed by atoms with Crippen molar-refractivity contribution in [2.45, 2.75) is 19.4 Å². The monoisotopic (exact) mass is 283 g/mol. The molecule has 0 saturated carbocycles. The molecule has 1 aliphatic heterocycles. The van der Waals surface area contributed by atoms with Crippen molar-refractivity contribution in [3.63, 3.8) is 0 Å². The minimum Gasteiger partial charge on any atom is -0.484 e. The van der Waals surface area contributed by atoms with Gasteiger partial charge >= 0.3 is 0 Å². The maximum absolute atomic E-state index is 12.0. The molecule has 1 aliphatic rings. The number of likely N-dealkylation sites (tertiary alicyclic amines) is 1. The topological polar surface area (TPSA) is 49.8 Å². The Labute approximate surface area is 117 Å². The van der Waals surface area contributed by atoms with Crippen LogP contribution in [0.4, 0.5) is 0 Å². The van der Waals surface area contributed by atoms with Gasteiger partial charge in [0.2, 0.25) is 0 Å². The third-order valence-electron chi connectivity index (χ3n) is 3.45. The fourth-order valence-corrected chi connectivity index (χ4v) is 2.17. The molecule has 19 heavy (non-hydrogen) atoms. The average Bonchev–Trinajstić information content (AvgIpc) is 2.41. The predicted molar refractivity (Wildman–Crippen MR) is 73.3 cm³/mol. The van der Waals surface area contributed by atoms with E-state index in [0.717, 1.165) is 6.42 Å². The second kappa shape index (κ2) is 6.26. The number of carbonyl (C=O) groups excluding carboxylic acids is 1. The SMILES string of the molecule is CC1CCN(C(=O)COc2ccc(Cl)cc2)CC1O. The van der Waals surface area contributed by atoms with Gasteiger partial charge in [-0.25, -0.2) is 0 Å². The van der Waals surface area contributed by atoms with Crippen LogP contribution >= 0.6 is 11.6 Å². The number of amides is 1. The van der Waals surface area contributed by atoms with E-state index in [1.54, 1.807) is 29.2 Å². The van der Waals surface area contributed by atoms with Crippen LogP contribution in [0.25, 0.3) is 0 Å². The molecule has 2 rings (SSSR count). The Hall–Kier alpha value is -1.26. The first kappa shape index (κ1) is 14.2. The highest BCUT2D eigenvalue weighted by atomic mass is 35.5. The van der Waals surface area contributed by atoms with Crippen LogP contribution in [0.5, 0.6) is 5.75 Å². The van der Waals surface area contributed by atoms with Crippen molar-refractivity contribution in [1.29, 1.82) is 0 Å². The molecule has 2 atom stereocenters. The molecule has 5 heteroatoms. The number of halogens is 1. The molecule has 1 saturated heterocycles. The molecular formula is C14H18ClNO3. The molecule has 104 valence electrons. The van der Waals surface area contributed by atoms with Gasteiger partial charge in [-0.3, -0.25) is 4.79 Å². The highest BCUT2D eigenvalue weighted by Gasteiger charge is 2.27. The molecule has 0 spiro atoms. The molecule has 1 heterocycles. The summed E-state index contributed by atoms with van der Waals surface area (Å²) in [6.07, 6.45) is 0.390. The van der Waals surface area contributed by atoms with Crippen molar-refractivity contribution in [2.75, 3.05) is 19.7 Å². The summed E-state index contributed by atoms with van der Waals surface area (Å²) in [5, 5.41) is 10.4. The van der Waals surface area contributed by atoms with Crippen LogP contribution < -0.4 is 4.74 Å². The van der Waals surface area contributed by atoms with E-state index in [-0.39, 0.29) is 18.4 Å². The zero-order valence-electron chi connectivity index (χ0n) is 10.9. The molecule has 1 amide bonds. The van der Waals surface area contributed by atoms with Crippen molar-refractivity contribution in [1.82, 2.24) is 4.90 Å². The van der Waals surface area contributed by atoms with Crippen LogP contribution in [0, 0.1) is 5.92 Å². The maximum Gasteiger partial charge on any atom is 0.260 e. The Bertz CT molecular complexity index is 435. The van der Waals surface area contributed by atoms with E-state index in [9.17, 15) is 9.90 Å². The first-order chi connectivity index (χ1) is 9.06. The van der Waals surface area contributed by atoms with Crippen molar-refractivity contribution in [3.8, 4) is 5.75 Å².